The van der Waals surface area contributed by atoms with Crippen LogP contribution in [0, 0.1) is 0 Å². The van der Waals surface area contributed by atoms with Crippen LogP contribution in [0.25, 0.3) is 10.9 Å². The summed E-state index contributed by atoms with van der Waals surface area (Å²) in [4.78, 5) is 13.9. The molecular formula is C17H26BN3O7. The molecule has 11 heteroatoms. The van der Waals surface area contributed by atoms with Crippen LogP contribution in [-0.4, -0.2) is 74.2 Å². The number of nitrogens with two attached hydrogens (primary N) is 1. The zero-order valence-electron chi connectivity index (χ0n) is 15.6. The van der Waals surface area contributed by atoms with E-state index in [1.165, 1.54) is 0 Å². The Labute approximate surface area is 163 Å². The van der Waals surface area contributed by atoms with Crippen LogP contribution in [-0.2, 0) is 23.1 Å². The third-order valence-electron chi connectivity index (χ3n) is 3.93. The number of aliphatic hydroxyl groups is 5. The summed E-state index contributed by atoms with van der Waals surface area (Å²) in [5, 5.41) is 46.9. The van der Waals surface area contributed by atoms with Crippen LogP contribution in [0.15, 0.2) is 30.5 Å². The van der Waals surface area contributed by atoms with E-state index in [4.69, 9.17) is 23.2 Å². The van der Waals surface area contributed by atoms with Gasteiger partial charge in [0.1, 0.15) is 6.29 Å². The molecule has 0 spiro atoms. The Morgan fingerprint density at radius 3 is 2.43 bits per heavy atom. The predicted molar refractivity (Wildman–Crippen MR) is 101 cm³/mol. The van der Waals surface area contributed by atoms with Crippen molar-refractivity contribution < 1.29 is 35.2 Å². The van der Waals surface area contributed by atoms with E-state index in [9.17, 15) is 15.0 Å². The topological polar surface area (TPSA) is 162 Å². The van der Waals surface area contributed by atoms with Crippen LogP contribution in [0.4, 0.5) is 0 Å². The highest BCUT2D eigenvalue weighted by atomic mass is 16.7. The average Bonchev–Trinajstić information content (AvgIpc) is 2.90. The van der Waals surface area contributed by atoms with Gasteiger partial charge in [-0.2, -0.15) is 4.90 Å². The standard InChI is InChI=1S/C13H17BN2O5.C4H9NO2/c1-15-8-9(10-4-2-3-5-11(10)15)6-7-16(12(14,17)18)13(19,20)21;5-7-4-2-1-3-6/h2-5,8,17-21H,6-7H2,1H3;3H,1-2,4-5H2. The van der Waals surface area contributed by atoms with Gasteiger partial charge in [-0.1, -0.05) is 18.2 Å². The first kappa shape index (κ1) is 24.2. The van der Waals surface area contributed by atoms with Gasteiger partial charge in [0.05, 0.1) is 6.61 Å². The molecule has 28 heavy (non-hydrogen) atoms. The smallest absolute Gasteiger partial charge is 0.349 e. The third-order valence-corrected chi connectivity index (χ3v) is 3.93. The molecule has 7 N–H and O–H groups in total. The molecule has 2 radical (unpaired) electrons. The van der Waals surface area contributed by atoms with Crippen LogP contribution in [0.3, 0.4) is 0 Å². The van der Waals surface area contributed by atoms with Gasteiger partial charge in [-0.05, 0) is 24.5 Å². The fraction of sp³-hybridized carbons (Fsp3) is 0.471. The van der Waals surface area contributed by atoms with Crippen molar-refractivity contribution in [2.45, 2.75) is 31.2 Å². The molecule has 0 atom stereocenters. The molecule has 10 nitrogen and oxygen atoms in total. The molecule has 1 aromatic heterocycles. The van der Waals surface area contributed by atoms with Crippen molar-refractivity contribution in [1.82, 2.24) is 9.47 Å². The largest absolute Gasteiger partial charge is 0.362 e. The van der Waals surface area contributed by atoms with Gasteiger partial charge >= 0.3 is 6.10 Å². The highest BCUT2D eigenvalue weighted by Gasteiger charge is 2.40. The van der Waals surface area contributed by atoms with E-state index in [0.717, 1.165) is 29.2 Å². The van der Waals surface area contributed by atoms with Crippen molar-refractivity contribution >= 4 is 25.0 Å². The number of carbonyl (C=O) groups excluding carboxylic acids is 1. The number of carbonyl (C=O) groups is 1. The number of benzene rings is 1. The second-order valence-electron chi connectivity index (χ2n) is 6.15. The first-order chi connectivity index (χ1) is 13.0. The van der Waals surface area contributed by atoms with E-state index < -0.39 is 11.9 Å². The van der Waals surface area contributed by atoms with Crippen molar-refractivity contribution in [2.75, 3.05) is 13.2 Å². The zero-order chi connectivity index (χ0) is 21.4. The highest BCUT2D eigenvalue weighted by Crippen LogP contribution is 2.22. The van der Waals surface area contributed by atoms with E-state index in [1.54, 1.807) is 0 Å². The molecule has 0 bridgehead atoms. The fourth-order valence-electron chi connectivity index (χ4n) is 2.64. The number of hydrogen-bond acceptors (Lipinski definition) is 9. The van der Waals surface area contributed by atoms with E-state index in [2.05, 4.69) is 10.7 Å². The Bertz CT molecular complexity index is 726. The molecule has 0 aliphatic carbocycles. The SMILES string of the molecule is NOCCCC=O.[B]C(O)(O)N(CCc1cn(C)c2ccccc12)C(O)(O)O. The molecule has 2 aromatic rings. The molecule has 0 aliphatic heterocycles. The minimum atomic E-state index is -3.44. The lowest BCUT2D eigenvalue weighted by molar-refractivity contribution is -0.442. The Balaban J connectivity index is 0.000000480. The maximum absolute atomic E-state index is 9.58. The summed E-state index contributed by atoms with van der Waals surface area (Å²) in [5.74, 6) is 1.59. The second kappa shape index (κ2) is 10.6. The van der Waals surface area contributed by atoms with E-state index >= 15 is 0 Å². The summed E-state index contributed by atoms with van der Waals surface area (Å²) in [6.07, 6.45) is 0.716. The maximum atomic E-state index is 9.58. The number of aromatic nitrogens is 1. The highest BCUT2D eigenvalue weighted by molar-refractivity contribution is 6.12. The van der Waals surface area contributed by atoms with Gasteiger partial charge in [0.2, 0.25) is 0 Å². The van der Waals surface area contributed by atoms with Crippen molar-refractivity contribution in [3.8, 4) is 0 Å². The molecule has 0 amide bonds. The number of aryl methyl sites for hydroxylation is 1. The molecule has 0 fully saturated rings. The third kappa shape index (κ3) is 7.30. The van der Waals surface area contributed by atoms with E-state index in [-0.39, 0.29) is 17.9 Å². The summed E-state index contributed by atoms with van der Waals surface area (Å²) in [5.41, 5.74) is 1.82. The maximum Gasteiger partial charge on any atom is 0.349 e. The predicted octanol–water partition coefficient (Wildman–Crippen LogP) is -1.77. The van der Waals surface area contributed by atoms with Gasteiger partial charge in [0.25, 0.3) is 0 Å². The molecule has 154 valence electrons. The van der Waals surface area contributed by atoms with Gasteiger partial charge in [-0.3, -0.25) is 0 Å². The summed E-state index contributed by atoms with van der Waals surface area (Å²) in [6, 6.07) is 7.58. The Morgan fingerprint density at radius 1 is 1.25 bits per heavy atom. The van der Waals surface area contributed by atoms with Gasteiger partial charge in [0, 0.05) is 37.1 Å². The second-order valence-corrected chi connectivity index (χ2v) is 6.15. The van der Waals surface area contributed by atoms with Gasteiger partial charge in [-0.25, -0.2) is 5.90 Å². The number of nitrogens with zero attached hydrogens (tertiary/aromatic N) is 2. The fourth-order valence-corrected chi connectivity index (χ4v) is 2.64. The van der Waals surface area contributed by atoms with Gasteiger partial charge in [-0.15, -0.1) is 0 Å². The Hall–Kier alpha value is -1.83. The van der Waals surface area contributed by atoms with Gasteiger partial charge in [0.15, 0.2) is 13.7 Å². The lowest BCUT2D eigenvalue weighted by Gasteiger charge is -2.38. The number of aldehydes is 1. The Kier molecular flexibility index (Phi) is 9.21. The summed E-state index contributed by atoms with van der Waals surface area (Å²) < 4.78 is 1.90. The summed E-state index contributed by atoms with van der Waals surface area (Å²) >= 11 is 0. The average molecular weight is 395 g/mol. The Morgan fingerprint density at radius 2 is 1.89 bits per heavy atom. The van der Waals surface area contributed by atoms with E-state index in [1.807, 2.05) is 42.1 Å². The monoisotopic (exact) mass is 395 g/mol. The number of hydrogen-bond donors (Lipinski definition) is 6. The molecule has 0 saturated carbocycles. The van der Waals surface area contributed by atoms with Crippen LogP contribution in [0.5, 0.6) is 0 Å². The van der Waals surface area contributed by atoms with Crippen LogP contribution < -0.4 is 5.90 Å². The van der Waals surface area contributed by atoms with Crippen molar-refractivity contribution in [1.29, 1.82) is 0 Å². The zero-order valence-corrected chi connectivity index (χ0v) is 15.6. The minimum absolute atomic E-state index is 0.155. The quantitative estimate of drug-likeness (QED) is 0.0949. The molecule has 0 aliphatic rings. The van der Waals surface area contributed by atoms with Gasteiger partial charge < -0.3 is 39.7 Å². The van der Waals surface area contributed by atoms with Crippen molar-refractivity contribution in [2.24, 2.45) is 12.9 Å². The van der Waals surface area contributed by atoms with Crippen LogP contribution in [0.1, 0.15) is 18.4 Å². The van der Waals surface area contributed by atoms with Crippen molar-refractivity contribution in [3.63, 3.8) is 0 Å². The summed E-state index contributed by atoms with van der Waals surface area (Å²) in [7, 11) is 6.86. The van der Waals surface area contributed by atoms with Crippen LogP contribution >= 0.6 is 0 Å². The lowest BCUT2D eigenvalue weighted by atomic mass is 10.0. The number of unbranched alkanes of at least 4 members (excludes halogenated alkanes) is 1. The molecule has 2 rings (SSSR count). The molecular weight excluding hydrogens is 369 g/mol. The molecule has 1 aromatic carbocycles. The minimum Gasteiger partial charge on any atom is -0.362 e. The normalized spacial score (nSPS) is 12.1. The molecule has 1 heterocycles. The van der Waals surface area contributed by atoms with E-state index in [0.29, 0.717) is 13.0 Å². The first-order valence-electron chi connectivity index (χ1n) is 8.49. The number of rotatable bonds is 9. The molecule has 0 saturated heterocycles. The van der Waals surface area contributed by atoms with Crippen molar-refractivity contribution in [3.05, 3.63) is 36.0 Å². The summed E-state index contributed by atoms with van der Waals surface area (Å²) in [6.45, 7) is 0.180. The number of para-hydroxylation sites is 1. The number of fused-ring (bicyclic) bond motifs is 1. The first-order valence-corrected chi connectivity index (χ1v) is 8.49. The van der Waals surface area contributed by atoms with Crippen LogP contribution in [0.2, 0.25) is 0 Å². The molecule has 0 unspecified atom stereocenters. The lowest BCUT2D eigenvalue weighted by Crippen LogP contribution is -2.62.